The van der Waals surface area contributed by atoms with Crippen LogP contribution in [0.5, 0.6) is 0 Å². The molecular weight excluding hydrogens is 516 g/mol. The Morgan fingerprint density at radius 3 is 2.41 bits per heavy atom. The molecule has 0 bridgehead atoms. The zero-order valence-electron chi connectivity index (χ0n) is 21.4. The molecule has 2 aromatic carbocycles. The van der Waals surface area contributed by atoms with Gasteiger partial charge in [-0.1, -0.05) is 17.7 Å². The van der Waals surface area contributed by atoms with Gasteiger partial charge in [-0.25, -0.2) is 9.37 Å². The van der Waals surface area contributed by atoms with Crippen LogP contribution in [0, 0.1) is 12.7 Å². The van der Waals surface area contributed by atoms with E-state index in [0.717, 1.165) is 22.6 Å². The number of alkyl halides is 3. The fraction of sp³-hybridized carbons (Fsp3) is 0.370. The van der Waals surface area contributed by atoms with Gasteiger partial charge in [0.05, 0.1) is 12.6 Å². The van der Waals surface area contributed by atoms with Gasteiger partial charge in [0.25, 0.3) is 0 Å². The van der Waals surface area contributed by atoms with Crippen molar-refractivity contribution >= 4 is 23.3 Å². The minimum Gasteiger partial charge on any atom is -0.348 e. The molecule has 1 aliphatic heterocycles. The summed E-state index contributed by atoms with van der Waals surface area (Å²) in [4.78, 5) is 30.3. The highest BCUT2D eigenvalue weighted by Gasteiger charge is 2.38. The number of fused-ring (bicyclic) bond motifs is 1. The van der Waals surface area contributed by atoms with Crippen LogP contribution in [0.15, 0.2) is 48.5 Å². The van der Waals surface area contributed by atoms with Crippen molar-refractivity contribution in [1.29, 1.82) is 0 Å². The number of hydrogen-bond acceptors (Lipinski definition) is 5. The molecule has 8 nitrogen and oxygen atoms in total. The fourth-order valence-corrected chi connectivity index (χ4v) is 4.38. The van der Waals surface area contributed by atoms with Gasteiger partial charge in [0.1, 0.15) is 23.2 Å². The van der Waals surface area contributed by atoms with Gasteiger partial charge in [-0.05, 0) is 62.6 Å². The zero-order valence-corrected chi connectivity index (χ0v) is 21.4. The van der Waals surface area contributed by atoms with E-state index in [1.165, 1.54) is 12.1 Å². The predicted octanol–water partition coefficient (Wildman–Crippen LogP) is 4.26. The van der Waals surface area contributed by atoms with Gasteiger partial charge in [-0.2, -0.15) is 13.2 Å². The number of rotatable bonds is 9. The van der Waals surface area contributed by atoms with E-state index in [4.69, 9.17) is 10.7 Å². The maximum absolute atomic E-state index is 13.6. The van der Waals surface area contributed by atoms with Gasteiger partial charge in [0.15, 0.2) is 0 Å². The van der Waals surface area contributed by atoms with Crippen molar-refractivity contribution in [2.24, 2.45) is 5.73 Å². The van der Waals surface area contributed by atoms with E-state index < -0.39 is 18.1 Å². The normalized spacial score (nSPS) is 14.1. The van der Waals surface area contributed by atoms with Gasteiger partial charge in [-0.15, -0.1) is 0 Å². The quantitative estimate of drug-likeness (QED) is 0.275. The fourth-order valence-electron chi connectivity index (χ4n) is 4.38. The summed E-state index contributed by atoms with van der Waals surface area (Å²) in [6.45, 7) is 2.92. The molecule has 2 heterocycles. The van der Waals surface area contributed by atoms with Gasteiger partial charge in [-0.3, -0.25) is 9.59 Å². The molecular formula is C27H30F4N6O2. The Bertz CT molecular complexity index is 1310. The lowest BCUT2D eigenvalue weighted by molar-refractivity contribution is -0.173. The largest absolute Gasteiger partial charge is 0.471 e. The summed E-state index contributed by atoms with van der Waals surface area (Å²) >= 11 is 0. The summed E-state index contributed by atoms with van der Waals surface area (Å²) in [6.07, 6.45) is -4.00. The van der Waals surface area contributed by atoms with Gasteiger partial charge < -0.3 is 25.8 Å². The number of halogens is 4. The van der Waals surface area contributed by atoms with Gasteiger partial charge in [0, 0.05) is 30.9 Å². The van der Waals surface area contributed by atoms with Crippen LogP contribution in [-0.2, 0) is 22.7 Å². The number of aromatic nitrogens is 2. The maximum Gasteiger partial charge on any atom is 0.471 e. The zero-order chi connectivity index (χ0) is 28.2. The lowest BCUT2D eigenvalue weighted by Gasteiger charge is -2.30. The number of carbonyl (C=O) groups is 2. The minimum absolute atomic E-state index is 0.149. The number of imidazole rings is 1. The Kier molecular flexibility index (Phi) is 8.54. The third-order valence-corrected chi connectivity index (χ3v) is 6.52. The van der Waals surface area contributed by atoms with Crippen molar-refractivity contribution in [3.8, 4) is 11.3 Å². The summed E-state index contributed by atoms with van der Waals surface area (Å²) < 4.78 is 52.4. The molecule has 0 saturated heterocycles. The number of anilines is 2. The van der Waals surface area contributed by atoms with E-state index in [1.807, 2.05) is 35.8 Å². The van der Waals surface area contributed by atoms with Crippen LogP contribution in [0.25, 0.3) is 11.3 Å². The molecule has 208 valence electrons. The van der Waals surface area contributed by atoms with Crippen molar-refractivity contribution in [1.82, 2.24) is 19.8 Å². The van der Waals surface area contributed by atoms with E-state index in [0.29, 0.717) is 31.0 Å². The Labute approximate surface area is 223 Å². The van der Waals surface area contributed by atoms with Crippen molar-refractivity contribution in [2.75, 3.05) is 18.4 Å². The van der Waals surface area contributed by atoms with Crippen molar-refractivity contribution in [3.05, 3.63) is 65.7 Å². The summed E-state index contributed by atoms with van der Waals surface area (Å²) in [7, 11) is 0. The second kappa shape index (κ2) is 11.9. The Balaban J connectivity index is 1.43. The molecule has 3 aromatic rings. The Morgan fingerprint density at radius 1 is 1.05 bits per heavy atom. The molecule has 4 rings (SSSR count). The third-order valence-electron chi connectivity index (χ3n) is 6.52. The number of amides is 2. The smallest absolute Gasteiger partial charge is 0.348 e. The second-order valence-corrected chi connectivity index (χ2v) is 9.49. The molecule has 0 saturated carbocycles. The number of nitrogens with zero attached hydrogens (tertiary/aromatic N) is 3. The highest BCUT2D eigenvalue weighted by molar-refractivity contribution is 5.82. The molecule has 0 unspecified atom stereocenters. The first-order valence-corrected chi connectivity index (χ1v) is 12.6. The second-order valence-electron chi connectivity index (χ2n) is 9.49. The number of unbranched alkanes of at least 4 members (excludes halogenated alkanes) is 1. The monoisotopic (exact) mass is 546 g/mol. The molecule has 1 aliphatic rings. The molecule has 0 radical (unpaired) electrons. The summed E-state index contributed by atoms with van der Waals surface area (Å²) in [6, 6.07) is 13.1. The molecule has 1 atom stereocenters. The standard InChI is InChI=1S/C27H30F4N6O2/c1-17-5-11-20(12-6-17)34-24-23(18-7-9-19(28)10-8-18)35-22-16-36(14-15-37(22)24)25(38)21(32)4-2-3-13-33-26(39)27(29,30)31/h5-12,21,34H,2-4,13-16,32H2,1H3,(H,33,39)/t21-/m0/s1. The van der Waals surface area contributed by atoms with Crippen molar-refractivity contribution in [2.45, 2.75) is 51.5 Å². The number of aryl methyl sites for hydroxylation is 1. The topological polar surface area (TPSA) is 105 Å². The highest BCUT2D eigenvalue weighted by Crippen LogP contribution is 2.33. The van der Waals surface area contributed by atoms with E-state index >= 15 is 0 Å². The molecule has 12 heteroatoms. The van der Waals surface area contributed by atoms with Crippen LogP contribution in [0.3, 0.4) is 0 Å². The van der Waals surface area contributed by atoms with E-state index in [-0.39, 0.29) is 37.7 Å². The third kappa shape index (κ3) is 6.94. The molecule has 0 aliphatic carbocycles. The van der Waals surface area contributed by atoms with E-state index in [9.17, 15) is 27.2 Å². The van der Waals surface area contributed by atoms with Crippen molar-refractivity contribution in [3.63, 3.8) is 0 Å². The van der Waals surface area contributed by atoms with Crippen LogP contribution >= 0.6 is 0 Å². The molecule has 39 heavy (non-hydrogen) atoms. The van der Waals surface area contributed by atoms with Crippen LogP contribution < -0.4 is 16.4 Å². The number of carbonyl (C=O) groups excluding carboxylic acids is 2. The average Bonchev–Trinajstić information content (AvgIpc) is 3.26. The summed E-state index contributed by atoms with van der Waals surface area (Å²) in [5.74, 6) is -1.24. The highest BCUT2D eigenvalue weighted by atomic mass is 19.4. The average molecular weight is 547 g/mol. The molecule has 0 spiro atoms. The van der Waals surface area contributed by atoms with Gasteiger partial charge >= 0.3 is 12.1 Å². The first-order valence-electron chi connectivity index (χ1n) is 12.6. The SMILES string of the molecule is Cc1ccc(Nc2c(-c3ccc(F)cc3)nc3n2CCN(C(=O)[C@@H](N)CCCCNC(=O)C(F)(F)F)C3)cc1. The van der Waals surface area contributed by atoms with E-state index in [1.54, 1.807) is 22.3 Å². The number of hydrogen-bond donors (Lipinski definition) is 3. The number of nitrogens with one attached hydrogen (secondary N) is 2. The lowest BCUT2D eigenvalue weighted by Crippen LogP contribution is -2.47. The van der Waals surface area contributed by atoms with Crippen LogP contribution in [-0.4, -0.2) is 51.6 Å². The first-order chi connectivity index (χ1) is 18.5. The van der Waals surface area contributed by atoms with E-state index in [2.05, 4.69) is 5.32 Å². The minimum atomic E-state index is -4.92. The summed E-state index contributed by atoms with van der Waals surface area (Å²) in [5, 5.41) is 5.23. The number of benzene rings is 2. The Morgan fingerprint density at radius 2 is 1.74 bits per heavy atom. The van der Waals surface area contributed by atoms with Crippen LogP contribution in [0.4, 0.5) is 29.1 Å². The van der Waals surface area contributed by atoms with Gasteiger partial charge in [0.2, 0.25) is 5.91 Å². The maximum atomic E-state index is 13.6. The molecule has 4 N–H and O–H groups in total. The van der Waals surface area contributed by atoms with Crippen LogP contribution in [0.2, 0.25) is 0 Å². The molecule has 0 fully saturated rings. The predicted molar refractivity (Wildman–Crippen MR) is 138 cm³/mol. The Hall–Kier alpha value is -3.93. The number of nitrogens with two attached hydrogens (primary N) is 1. The lowest BCUT2D eigenvalue weighted by atomic mass is 10.1. The van der Waals surface area contributed by atoms with Crippen molar-refractivity contribution < 1.29 is 27.2 Å². The molecule has 1 aromatic heterocycles. The first kappa shape index (κ1) is 28.1. The van der Waals surface area contributed by atoms with Crippen LogP contribution in [0.1, 0.15) is 30.7 Å². The summed E-state index contributed by atoms with van der Waals surface area (Å²) in [5.41, 5.74) is 9.43. The molecule has 2 amide bonds.